The van der Waals surface area contributed by atoms with Gasteiger partial charge in [-0.25, -0.2) is 0 Å². The van der Waals surface area contributed by atoms with Crippen LogP contribution < -0.4 is 0 Å². The van der Waals surface area contributed by atoms with Crippen LogP contribution in [0.5, 0.6) is 0 Å². The molecule has 1 heterocycles. The predicted octanol–water partition coefficient (Wildman–Crippen LogP) is 2.72. The molecule has 0 bridgehead atoms. The van der Waals surface area contributed by atoms with Gasteiger partial charge in [-0.1, -0.05) is 29.8 Å². The Labute approximate surface area is 79.7 Å². The quantitative estimate of drug-likeness (QED) is 0.673. The van der Waals surface area contributed by atoms with E-state index in [1.807, 2.05) is 0 Å². The lowest BCUT2D eigenvalue weighted by Crippen LogP contribution is -2.08. The summed E-state index contributed by atoms with van der Waals surface area (Å²) < 4.78 is 5.59. The molecule has 0 aromatic heterocycles. The first-order valence-electron chi connectivity index (χ1n) is 5.02. The van der Waals surface area contributed by atoms with Gasteiger partial charge in [0.1, 0.15) is 0 Å². The number of hydrogen-bond donors (Lipinski definition) is 0. The van der Waals surface area contributed by atoms with Crippen LogP contribution in [-0.4, -0.2) is 12.7 Å². The number of ether oxygens (including phenoxy) is 1. The predicted molar refractivity (Wildman–Crippen MR) is 53.9 cm³/mol. The molecule has 1 saturated heterocycles. The lowest BCUT2D eigenvalue weighted by atomic mass is 10.0. The Morgan fingerprint density at radius 1 is 1.31 bits per heavy atom. The van der Waals surface area contributed by atoms with Crippen LogP contribution in [0.4, 0.5) is 0 Å². The van der Waals surface area contributed by atoms with Crippen LogP contribution in [0.1, 0.15) is 24.0 Å². The Morgan fingerprint density at radius 2 is 2.08 bits per heavy atom. The van der Waals surface area contributed by atoms with Gasteiger partial charge >= 0.3 is 0 Å². The van der Waals surface area contributed by atoms with Gasteiger partial charge in [0.05, 0.1) is 6.10 Å². The van der Waals surface area contributed by atoms with Crippen LogP contribution in [0.25, 0.3) is 0 Å². The van der Waals surface area contributed by atoms with E-state index in [1.54, 1.807) is 0 Å². The fourth-order valence-corrected chi connectivity index (χ4v) is 1.79. The van der Waals surface area contributed by atoms with Crippen molar-refractivity contribution < 1.29 is 4.74 Å². The van der Waals surface area contributed by atoms with Crippen molar-refractivity contribution in [3.8, 4) is 0 Å². The molecule has 1 aliphatic heterocycles. The Bertz CT molecular complexity index is 257. The highest BCUT2D eigenvalue weighted by Crippen LogP contribution is 2.17. The molecule has 2 rings (SSSR count). The maximum Gasteiger partial charge on any atom is 0.0616 e. The van der Waals surface area contributed by atoms with Gasteiger partial charge in [0, 0.05) is 6.61 Å². The second kappa shape index (κ2) is 3.93. The summed E-state index contributed by atoms with van der Waals surface area (Å²) >= 11 is 0. The van der Waals surface area contributed by atoms with Crippen LogP contribution in [0.2, 0.25) is 0 Å². The Morgan fingerprint density at radius 3 is 2.69 bits per heavy atom. The molecular weight excluding hydrogens is 160 g/mol. The first kappa shape index (κ1) is 8.76. The maximum atomic E-state index is 5.59. The van der Waals surface area contributed by atoms with Crippen LogP contribution in [0.3, 0.4) is 0 Å². The minimum atomic E-state index is 0.475. The molecular formula is C12H16O. The first-order chi connectivity index (χ1) is 6.34. The van der Waals surface area contributed by atoms with Gasteiger partial charge in [0.15, 0.2) is 0 Å². The highest BCUT2D eigenvalue weighted by Gasteiger charge is 2.15. The van der Waals surface area contributed by atoms with E-state index in [-0.39, 0.29) is 0 Å². The third-order valence-corrected chi connectivity index (χ3v) is 2.61. The molecule has 0 saturated carbocycles. The van der Waals surface area contributed by atoms with Gasteiger partial charge < -0.3 is 4.74 Å². The molecule has 1 heteroatoms. The van der Waals surface area contributed by atoms with Crippen molar-refractivity contribution in [2.75, 3.05) is 6.61 Å². The number of rotatable bonds is 2. The van der Waals surface area contributed by atoms with Crippen molar-refractivity contribution in [3.63, 3.8) is 0 Å². The molecule has 0 aliphatic carbocycles. The molecule has 0 radical (unpaired) electrons. The Kier molecular flexibility index (Phi) is 2.65. The summed E-state index contributed by atoms with van der Waals surface area (Å²) in [5.74, 6) is 0. The third kappa shape index (κ3) is 2.31. The molecule has 1 unspecified atom stereocenters. The molecule has 1 aromatic carbocycles. The summed E-state index contributed by atoms with van der Waals surface area (Å²) in [4.78, 5) is 0. The minimum Gasteiger partial charge on any atom is -0.378 e. The molecule has 0 spiro atoms. The third-order valence-electron chi connectivity index (χ3n) is 2.61. The first-order valence-corrected chi connectivity index (χ1v) is 5.02. The summed E-state index contributed by atoms with van der Waals surface area (Å²) in [6.45, 7) is 3.08. The molecule has 1 aliphatic rings. The second-order valence-corrected chi connectivity index (χ2v) is 3.82. The summed E-state index contributed by atoms with van der Waals surface area (Å²) in [6.07, 6.45) is 4.02. The molecule has 0 amide bonds. The molecule has 1 nitrogen and oxygen atoms in total. The smallest absolute Gasteiger partial charge is 0.0616 e. The highest BCUT2D eigenvalue weighted by atomic mass is 16.5. The second-order valence-electron chi connectivity index (χ2n) is 3.82. The zero-order valence-corrected chi connectivity index (χ0v) is 8.12. The number of hydrogen-bond acceptors (Lipinski definition) is 1. The number of benzene rings is 1. The van der Waals surface area contributed by atoms with Crippen molar-refractivity contribution in [1.82, 2.24) is 0 Å². The van der Waals surface area contributed by atoms with E-state index in [4.69, 9.17) is 4.74 Å². The van der Waals surface area contributed by atoms with Crippen LogP contribution in [0.15, 0.2) is 24.3 Å². The minimum absolute atomic E-state index is 0.475. The van der Waals surface area contributed by atoms with Crippen LogP contribution in [0, 0.1) is 6.92 Å². The fraction of sp³-hybridized carbons (Fsp3) is 0.500. The van der Waals surface area contributed by atoms with Crippen LogP contribution >= 0.6 is 0 Å². The van der Waals surface area contributed by atoms with Crippen molar-refractivity contribution in [2.24, 2.45) is 0 Å². The summed E-state index contributed by atoms with van der Waals surface area (Å²) in [6, 6.07) is 8.75. The van der Waals surface area contributed by atoms with Gasteiger partial charge in [-0.3, -0.25) is 0 Å². The van der Waals surface area contributed by atoms with Crippen molar-refractivity contribution in [3.05, 3.63) is 35.4 Å². The van der Waals surface area contributed by atoms with Gasteiger partial charge in [-0.05, 0) is 31.7 Å². The van der Waals surface area contributed by atoms with Gasteiger partial charge in [0.2, 0.25) is 0 Å². The largest absolute Gasteiger partial charge is 0.378 e. The molecule has 1 aromatic rings. The topological polar surface area (TPSA) is 9.23 Å². The summed E-state index contributed by atoms with van der Waals surface area (Å²) in [7, 11) is 0. The Balaban J connectivity index is 1.97. The fourth-order valence-electron chi connectivity index (χ4n) is 1.79. The van der Waals surface area contributed by atoms with E-state index in [9.17, 15) is 0 Å². The maximum absolute atomic E-state index is 5.59. The molecule has 1 atom stereocenters. The van der Waals surface area contributed by atoms with E-state index >= 15 is 0 Å². The standard InChI is InChI=1S/C12H16O/c1-10-4-6-11(7-5-10)9-12-3-2-8-13-12/h4-7,12H,2-3,8-9H2,1H3. The average molecular weight is 176 g/mol. The zero-order chi connectivity index (χ0) is 9.10. The van der Waals surface area contributed by atoms with E-state index in [0.29, 0.717) is 6.10 Å². The van der Waals surface area contributed by atoms with E-state index in [2.05, 4.69) is 31.2 Å². The van der Waals surface area contributed by atoms with E-state index in [1.165, 1.54) is 24.0 Å². The van der Waals surface area contributed by atoms with Gasteiger partial charge in [-0.15, -0.1) is 0 Å². The van der Waals surface area contributed by atoms with Gasteiger partial charge in [0.25, 0.3) is 0 Å². The van der Waals surface area contributed by atoms with E-state index < -0.39 is 0 Å². The normalized spacial score (nSPS) is 22.1. The SMILES string of the molecule is Cc1ccc(CC2CCCO2)cc1. The number of aryl methyl sites for hydroxylation is 1. The van der Waals surface area contributed by atoms with Gasteiger partial charge in [-0.2, -0.15) is 0 Å². The lowest BCUT2D eigenvalue weighted by Gasteiger charge is -2.08. The monoisotopic (exact) mass is 176 g/mol. The lowest BCUT2D eigenvalue weighted by molar-refractivity contribution is 0.111. The highest BCUT2D eigenvalue weighted by molar-refractivity contribution is 5.21. The average Bonchev–Trinajstić information content (AvgIpc) is 2.62. The van der Waals surface area contributed by atoms with Crippen molar-refractivity contribution in [2.45, 2.75) is 32.3 Å². The molecule has 1 fully saturated rings. The Hall–Kier alpha value is -0.820. The van der Waals surface area contributed by atoms with E-state index in [0.717, 1.165) is 13.0 Å². The molecule has 0 N–H and O–H groups in total. The van der Waals surface area contributed by atoms with Crippen molar-refractivity contribution >= 4 is 0 Å². The zero-order valence-electron chi connectivity index (χ0n) is 8.12. The van der Waals surface area contributed by atoms with Crippen molar-refractivity contribution in [1.29, 1.82) is 0 Å². The molecule has 70 valence electrons. The molecule has 13 heavy (non-hydrogen) atoms. The summed E-state index contributed by atoms with van der Waals surface area (Å²) in [5, 5.41) is 0. The van der Waals surface area contributed by atoms with Crippen LogP contribution in [-0.2, 0) is 11.2 Å². The summed E-state index contributed by atoms with van der Waals surface area (Å²) in [5.41, 5.74) is 2.73.